The van der Waals surface area contributed by atoms with E-state index in [1.54, 1.807) is 0 Å². The van der Waals surface area contributed by atoms with Crippen molar-refractivity contribution in [2.75, 3.05) is 31.1 Å². The van der Waals surface area contributed by atoms with E-state index in [1.165, 1.54) is 5.69 Å². The molecule has 1 aliphatic heterocycles. The van der Waals surface area contributed by atoms with Crippen LogP contribution in [0.4, 0.5) is 5.69 Å². The van der Waals surface area contributed by atoms with Gasteiger partial charge in [-0.25, -0.2) is 4.99 Å². The Morgan fingerprint density at radius 2 is 1.85 bits per heavy atom. The van der Waals surface area contributed by atoms with Gasteiger partial charge in [0.15, 0.2) is 5.96 Å². The van der Waals surface area contributed by atoms with Gasteiger partial charge in [-0.2, -0.15) is 0 Å². The first-order valence-electron chi connectivity index (χ1n) is 9.44. The molecule has 6 nitrogen and oxygen atoms in total. The van der Waals surface area contributed by atoms with Crippen molar-refractivity contribution in [3.8, 4) is 0 Å². The molecule has 1 aliphatic rings. The monoisotopic (exact) mass is 488 g/mol. The average molecular weight is 488 g/mol. The molecular weight excluding hydrogens is 455 g/mol. The smallest absolute Gasteiger partial charge is 0.328 e. The van der Waals surface area contributed by atoms with Gasteiger partial charge in [0.1, 0.15) is 12.1 Å². The largest absolute Gasteiger partial charge is 0.459 e. The molecule has 152 valence electrons. The second-order valence-corrected chi connectivity index (χ2v) is 7.52. The molecule has 0 unspecified atom stereocenters. The molecule has 0 saturated carbocycles. The zero-order valence-corrected chi connectivity index (χ0v) is 19.2. The fraction of sp³-hybridized carbons (Fsp3) is 0.600. The van der Waals surface area contributed by atoms with E-state index in [0.717, 1.165) is 32.5 Å². The summed E-state index contributed by atoms with van der Waals surface area (Å²) in [5.74, 6) is 0.366. The normalized spacial score (nSPS) is 15.7. The van der Waals surface area contributed by atoms with Crippen LogP contribution in [0, 0.1) is 0 Å². The summed E-state index contributed by atoms with van der Waals surface area (Å²) in [4.78, 5) is 18.6. The van der Waals surface area contributed by atoms with Gasteiger partial charge in [-0.1, -0.05) is 18.2 Å². The number of hydrogen-bond acceptors (Lipinski definition) is 4. The Labute approximate surface area is 180 Å². The van der Waals surface area contributed by atoms with Crippen molar-refractivity contribution in [3.05, 3.63) is 30.3 Å². The minimum Gasteiger partial charge on any atom is -0.459 e. The lowest BCUT2D eigenvalue weighted by molar-refractivity contribution is -0.152. The number of halogens is 1. The van der Waals surface area contributed by atoms with E-state index in [1.807, 2.05) is 33.8 Å². The number of carbonyl (C=O) groups excluding carboxylic acids is 1. The zero-order valence-electron chi connectivity index (χ0n) is 16.8. The first-order valence-corrected chi connectivity index (χ1v) is 9.44. The van der Waals surface area contributed by atoms with Crippen molar-refractivity contribution in [1.29, 1.82) is 0 Å². The molecule has 1 saturated heterocycles. The standard InChI is InChI=1S/C20H32N4O2.HI/c1-5-21-19(22-15-18(25)26-20(2,3)4)23-16-11-13-24(14-12-16)17-9-7-6-8-10-17;/h6-10,16H,5,11-15H2,1-4H3,(H2,21,22,23);1H. The van der Waals surface area contributed by atoms with Gasteiger partial charge in [-0.3, -0.25) is 4.79 Å². The third kappa shape index (κ3) is 8.81. The van der Waals surface area contributed by atoms with Gasteiger partial charge < -0.3 is 20.3 Å². The fourth-order valence-corrected chi connectivity index (χ4v) is 2.95. The molecule has 0 amide bonds. The van der Waals surface area contributed by atoms with Gasteiger partial charge >= 0.3 is 5.97 Å². The number of esters is 1. The summed E-state index contributed by atoms with van der Waals surface area (Å²) in [7, 11) is 0. The Hall–Kier alpha value is -1.51. The highest BCUT2D eigenvalue weighted by Gasteiger charge is 2.20. The zero-order chi connectivity index (χ0) is 19.0. The summed E-state index contributed by atoms with van der Waals surface area (Å²) in [6, 6.07) is 10.9. The summed E-state index contributed by atoms with van der Waals surface area (Å²) in [5, 5.41) is 6.66. The number of aliphatic imine (C=N–C) groups is 1. The predicted octanol–water partition coefficient (Wildman–Crippen LogP) is 3.17. The molecule has 7 heteroatoms. The third-order valence-corrected chi connectivity index (χ3v) is 4.09. The number of ether oxygens (including phenoxy) is 1. The lowest BCUT2D eigenvalue weighted by atomic mass is 10.0. The SMILES string of the molecule is CCNC(=NCC(=O)OC(C)(C)C)NC1CCN(c2ccccc2)CC1.I. The molecule has 0 atom stereocenters. The van der Waals surface area contributed by atoms with Gasteiger partial charge in [0.05, 0.1) is 0 Å². The summed E-state index contributed by atoms with van der Waals surface area (Å²) in [5.41, 5.74) is 0.791. The molecule has 0 aliphatic carbocycles. The molecule has 2 N–H and O–H groups in total. The molecule has 1 fully saturated rings. The Kier molecular flexibility index (Phi) is 9.90. The molecular formula is C20H33IN4O2. The van der Waals surface area contributed by atoms with Crippen molar-refractivity contribution in [2.24, 2.45) is 4.99 Å². The van der Waals surface area contributed by atoms with Crippen molar-refractivity contribution in [1.82, 2.24) is 10.6 Å². The van der Waals surface area contributed by atoms with Crippen molar-refractivity contribution in [3.63, 3.8) is 0 Å². The summed E-state index contributed by atoms with van der Waals surface area (Å²) in [6.07, 6.45) is 2.07. The Morgan fingerprint density at radius 1 is 1.22 bits per heavy atom. The highest BCUT2D eigenvalue weighted by atomic mass is 127. The van der Waals surface area contributed by atoms with E-state index in [2.05, 4.69) is 44.8 Å². The topological polar surface area (TPSA) is 66.0 Å². The van der Waals surface area contributed by atoms with Gasteiger partial charge in [0, 0.05) is 31.4 Å². The first-order chi connectivity index (χ1) is 12.4. The van der Waals surface area contributed by atoms with Crippen LogP contribution in [0.1, 0.15) is 40.5 Å². The van der Waals surface area contributed by atoms with Gasteiger partial charge in [0.2, 0.25) is 0 Å². The molecule has 0 spiro atoms. The van der Waals surface area contributed by atoms with E-state index < -0.39 is 5.60 Å². The van der Waals surface area contributed by atoms with Crippen LogP contribution in [0.15, 0.2) is 35.3 Å². The Balaban J connectivity index is 0.00000364. The highest BCUT2D eigenvalue weighted by Crippen LogP contribution is 2.19. The molecule has 0 radical (unpaired) electrons. The molecule has 1 aromatic carbocycles. The quantitative estimate of drug-likeness (QED) is 0.289. The van der Waals surface area contributed by atoms with Crippen LogP contribution < -0.4 is 15.5 Å². The van der Waals surface area contributed by atoms with Crippen molar-refractivity contribution in [2.45, 2.75) is 52.2 Å². The highest BCUT2D eigenvalue weighted by molar-refractivity contribution is 14.0. The van der Waals surface area contributed by atoms with E-state index in [9.17, 15) is 4.79 Å². The predicted molar refractivity (Wildman–Crippen MR) is 122 cm³/mol. The van der Waals surface area contributed by atoms with Crippen LogP contribution in [0.25, 0.3) is 0 Å². The number of para-hydroxylation sites is 1. The maximum atomic E-state index is 11.9. The van der Waals surface area contributed by atoms with Crippen molar-refractivity contribution < 1.29 is 9.53 Å². The van der Waals surface area contributed by atoms with Gasteiger partial charge in [-0.05, 0) is 52.7 Å². The minimum absolute atomic E-state index is 0. The molecule has 2 rings (SSSR count). The first kappa shape index (κ1) is 23.5. The van der Waals surface area contributed by atoms with E-state index in [-0.39, 0.29) is 36.5 Å². The number of carbonyl (C=O) groups is 1. The summed E-state index contributed by atoms with van der Waals surface area (Å²) < 4.78 is 5.31. The van der Waals surface area contributed by atoms with E-state index in [4.69, 9.17) is 4.74 Å². The number of piperidine rings is 1. The van der Waals surface area contributed by atoms with Crippen LogP contribution in [0.5, 0.6) is 0 Å². The molecule has 1 aromatic rings. The maximum Gasteiger partial charge on any atom is 0.328 e. The second kappa shape index (κ2) is 11.4. The molecule has 1 heterocycles. The lowest BCUT2D eigenvalue weighted by Gasteiger charge is -2.34. The molecule has 0 bridgehead atoms. The second-order valence-electron chi connectivity index (χ2n) is 7.52. The van der Waals surface area contributed by atoms with E-state index in [0.29, 0.717) is 12.0 Å². The van der Waals surface area contributed by atoms with Gasteiger partial charge in [0.25, 0.3) is 0 Å². The number of anilines is 1. The lowest BCUT2D eigenvalue weighted by Crippen LogP contribution is -2.49. The van der Waals surface area contributed by atoms with Crippen LogP contribution in [0.3, 0.4) is 0 Å². The Bertz CT molecular complexity index is 594. The number of rotatable bonds is 5. The number of nitrogens with one attached hydrogen (secondary N) is 2. The van der Waals surface area contributed by atoms with E-state index >= 15 is 0 Å². The van der Waals surface area contributed by atoms with Crippen LogP contribution >= 0.6 is 24.0 Å². The number of guanidine groups is 1. The molecule has 0 aromatic heterocycles. The minimum atomic E-state index is -0.483. The van der Waals surface area contributed by atoms with Crippen LogP contribution in [-0.2, 0) is 9.53 Å². The third-order valence-electron chi connectivity index (χ3n) is 4.09. The maximum absolute atomic E-state index is 11.9. The fourth-order valence-electron chi connectivity index (χ4n) is 2.95. The van der Waals surface area contributed by atoms with Gasteiger partial charge in [-0.15, -0.1) is 24.0 Å². The average Bonchev–Trinajstić information content (AvgIpc) is 2.60. The van der Waals surface area contributed by atoms with Crippen LogP contribution in [-0.4, -0.2) is 49.8 Å². The number of benzene rings is 1. The molecule has 27 heavy (non-hydrogen) atoms. The van der Waals surface area contributed by atoms with Crippen LogP contribution in [0.2, 0.25) is 0 Å². The summed E-state index contributed by atoms with van der Waals surface area (Å²) >= 11 is 0. The number of nitrogens with zero attached hydrogens (tertiary/aromatic N) is 2. The summed E-state index contributed by atoms with van der Waals surface area (Å²) in [6.45, 7) is 10.4. The Morgan fingerprint density at radius 3 is 2.41 bits per heavy atom. The number of hydrogen-bond donors (Lipinski definition) is 2. The van der Waals surface area contributed by atoms with Crippen molar-refractivity contribution >= 4 is 41.6 Å².